The lowest BCUT2D eigenvalue weighted by molar-refractivity contribution is 0.346. The number of aromatic nitrogens is 3. The fourth-order valence-electron chi connectivity index (χ4n) is 4.67. The summed E-state index contributed by atoms with van der Waals surface area (Å²) in [5.41, 5.74) is 4.78. The van der Waals surface area contributed by atoms with Crippen molar-refractivity contribution in [3.63, 3.8) is 0 Å². The Morgan fingerprint density at radius 3 is 2.66 bits per heavy atom. The van der Waals surface area contributed by atoms with E-state index in [1.165, 1.54) is 29.0 Å². The van der Waals surface area contributed by atoms with E-state index in [9.17, 15) is 9.65 Å². The van der Waals surface area contributed by atoms with E-state index < -0.39 is 0 Å². The van der Waals surface area contributed by atoms with E-state index in [1.807, 2.05) is 24.4 Å². The molecule has 0 amide bonds. The molecule has 0 aliphatic carbocycles. The molecule has 0 radical (unpaired) electrons. The molecule has 0 spiro atoms. The van der Waals surface area contributed by atoms with Crippen LogP contribution in [-0.4, -0.2) is 45.1 Å². The fraction of sp³-hybridized carbons (Fsp3) is 0.346. The molecule has 3 aromatic heterocycles. The van der Waals surface area contributed by atoms with Gasteiger partial charge in [-0.05, 0) is 60.9 Å². The second-order valence-electron chi connectivity index (χ2n) is 8.70. The Morgan fingerprint density at radius 2 is 1.94 bits per heavy atom. The molecule has 180 valence electrons. The van der Waals surface area contributed by atoms with E-state index in [2.05, 4.69) is 44.3 Å². The molecule has 0 unspecified atom stereocenters. The predicted molar refractivity (Wildman–Crippen MR) is 142 cm³/mol. The number of nitriles is 1. The van der Waals surface area contributed by atoms with Gasteiger partial charge in [-0.3, -0.25) is 8.71 Å². The van der Waals surface area contributed by atoms with Crippen LogP contribution < -0.4 is 4.90 Å². The van der Waals surface area contributed by atoms with Gasteiger partial charge in [0.1, 0.15) is 17.3 Å². The monoisotopic (exact) mass is 506 g/mol. The van der Waals surface area contributed by atoms with Crippen molar-refractivity contribution in [1.29, 1.82) is 5.26 Å². The molecule has 1 fully saturated rings. The molecule has 1 aliphatic rings. The Morgan fingerprint density at radius 1 is 1.17 bits per heavy atom. The molecule has 35 heavy (non-hydrogen) atoms. The first-order valence-corrected chi connectivity index (χ1v) is 13.8. The normalized spacial score (nSPS) is 14.9. The molecule has 0 saturated carbocycles. The van der Waals surface area contributed by atoms with E-state index >= 15 is 0 Å². The number of hydrogen-bond acceptors (Lipinski definition) is 7. The lowest BCUT2D eigenvalue weighted by atomic mass is 9.91. The van der Waals surface area contributed by atoms with Gasteiger partial charge in [0.2, 0.25) is 0 Å². The van der Waals surface area contributed by atoms with Crippen molar-refractivity contribution in [2.75, 3.05) is 31.3 Å². The summed E-state index contributed by atoms with van der Waals surface area (Å²) in [5, 5.41) is 12.0. The second kappa shape index (κ2) is 10.4. The average molecular weight is 507 g/mol. The number of hydrogen-bond donors (Lipinski definition) is 0. The standard InChI is InChI=1S/C26H27FN6S2/c1-31(26-30-23(17-35-26)19-5-8-21(27)9-6-19)25-22(4-3-13-28)29-24-10-7-20(16-33(24)25)18-11-14-32(34-2)15-12-18/h5-10,16-18H,3-4,11-12,14-15H2,1-2H3. The number of thiazole rings is 1. The van der Waals surface area contributed by atoms with Crippen LogP contribution in [0.5, 0.6) is 0 Å². The third-order valence-corrected chi connectivity index (χ3v) is 8.38. The van der Waals surface area contributed by atoms with E-state index in [0.717, 1.165) is 59.5 Å². The molecule has 0 N–H and O–H groups in total. The third-order valence-electron chi connectivity index (χ3n) is 6.58. The van der Waals surface area contributed by atoms with Gasteiger partial charge in [0.25, 0.3) is 0 Å². The van der Waals surface area contributed by atoms with Gasteiger partial charge in [-0.2, -0.15) is 5.26 Å². The molecular formula is C26H27FN6S2. The first-order valence-electron chi connectivity index (χ1n) is 11.7. The van der Waals surface area contributed by atoms with Crippen molar-refractivity contribution in [1.82, 2.24) is 18.7 Å². The molecule has 4 heterocycles. The van der Waals surface area contributed by atoms with Gasteiger partial charge in [0, 0.05) is 50.1 Å². The number of piperidine rings is 1. The average Bonchev–Trinajstić information content (AvgIpc) is 3.52. The number of aryl methyl sites for hydroxylation is 1. The molecule has 0 atom stereocenters. The van der Waals surface area contributed by atoms with Gasteiger partial charge in [-0.15, -0.1) is 11.3 Å². The zero-order chi connectivity index (χ0) is 24.4. The topological polar surface area (TPSA) is 60.5 Å². The quantitative estimate of drug-likeness (QED) is 0.275. The summed E-state index contributed by atoms with van der Waals surface area (Å²) in [4.78, 5) is 11.8. The molecule has 6 nitrogen and oxygen atoms in total. The minimum atomic E-state index is -0.260. The van der Waals surface area contributed by atoms with Gasteiger partial charge in [-0.1, -0.05) is 18.0 Å². The van der Waals surface area contributed by atoms with Crippen LogP contribution in [-0.2, 0) is 6.42 Å². The number of anilines is 2. The van der Waals surface area contributed by atoms with E-state index in [1.54, 1.807) is 12.1 Å². The maximum absolute atomic E-state index is 13.4. The van der Waals surface area contributed by atoms with Crippen molar-refractivity contribution >= 4 is 39.9 Å². The number of benzene rings is 1. The molecule has 1 aromatic carbocycles. The van der Waals surface area contributed by atoms with Crippen LogP contribution in [0.2, 0.25) is 0 Å². The highest BCUT2D eigenvalue weighted by atomic mass is 32.2. The highest BCUT2D eigenvalue weighted by Crippen LogP contribution is 2.36. The fourth-order valence-corrected chi connectivity index (χ4v) is 6.05. The van der Waals surface area contributed by atoms with E-state index in [-0.39, 0.29) is 5.82 Å². The summed E-state index contributed by atoms with van der Waals surface area (Å²) in [5.74, 6) is 1.21. The second-order valence-corrected chi connectivity index (χ2v) is 10.4. The Kier molecular flexibility index (Phi) is 7.04. The zero-order valence-corrected chi connectivity index (χ0v) is 21.4. The van der Waals surface area contributed by atoms with Gasteiger partial charge in [0.15, 0.2) is 5.13 Å². The van der Waals surface area contributed by atoms with Crippen LogP contribution in [0.15, 0.2) is 48.0 Å². The van der Waals surface area contributed by atoms with Crippen LogP contribution in [0.25, 0.3) is 16.9 Å². The van der Waals surface area contributed by atoms with Crippen LogP contribution in [0, 0.1) is 17.1 Å². The number of halogens is 1. The molecule has 1 aliphatic heterocycles. The smallest absolute Gasteiger partial charge is 0.191 e. The minimum absolute atomic E-state index is 0.260. The summed E-state index contributed by atoms with van der Waals surface area (Å²) in [6, 6.07) is 12.9. The summed E-state index contributed by atoms with van der Waals surface area (Å²) < 4.78 is 17.9. The molecule has 4 aromatic rings. The number of nitrogens with zero attached hydrogens (tertiary/aromatic N) is 6. The Labute approximate surface area is 213 Å². The van der Waals surface area contributed by atoms with Gasteiger partial charge < -0.3 is 4.90 Å². The first-order chi connectivity index (χ1) is 17.1. The lowest BCUT2D eigenvalue weighted by Crippen LogP contribution is -2.27. The Hall–Kier alpha value is -2.93. The van der Waals surface area contributed by atoms with E-state index in [4.69, 9.17) is 9.97 Å². The zero-order valence-electron chi connectivity index (χ0n) is 19.8. The lowest BCUT2D eigenvalue weighted by Gasteiger charge is -2.30. The number of pyridine rings is 1. The van der Waals surface area contributed by atoms with Crippen molar-refractivity contribution in [2.45, 2.75) is 31.6 Å². The molecule has 5 rings (SSSR count). The predicted octanol–water partition coefficient (Wildman–Crippen LogP) is 6.28. The van der Waals surface area contributed by atoms with Crippen molar-refractivity contribution in [2.24, 2.45) is 0 Å². The maximum atomic E-state index is 13.4. The summed E-state index contributed by atoms with van der Waals surface area (Å²) in [6.07, 6.45) is 7.63. The SMILES string of the molecule is CSN1CCC(c2ccc3nc(CCC#N)c(N(C)c4nc(-c5ccc(F)cc5)cs4)n3c2)CC1. The minimum Gasteiger partial charge on any atom is -0.305 e. The number of rotatable bonds is 7. The summed E-state index contributed by atoms with van der Waals surface area (Å²) in [6.45, 7) is 2.19. The maximum Gasteiger partial charge on any atom is 0.191 e. The van der Waals surface area contributed by atoms with Crippen molar-refractivity contribution < 1.29 is 4.39 Å². The molecular weight excluding hydrogens is 479 g/mol. The van der Waals surface area contributed by atoms with Gasteiger partial charge in [-0.25, -0.2) is 14.4 Å². The highest BCUT2D eigenvalue weighted by molar-refractivity contribution is 7.96. The van der Waals surface area contributed by atoms with Gasteiger partial charge >= 0.3 is 0 Å². The highest BCUT2D eigenvalue weighted by Gasteiger charge is 2.23. The van der Waals surface area contributed by atoms with Crippen molar-refractivity contribution in [3.05, 3.63) is 65.0 Å². The molecule has 1 saturated heterocycles. The van der Waals surface area contributed by atoms with Gasteiger partial charge in [0.05, 0.1) is 17.5 Å². The molecule has 9 heteroatoms. The van der Waals surface area contributed by atoms with E-state index in [0.29, 0.717) is 18.8 Å². The van der Waals surface area contributed by atoms with Crippen LogP contribution in [0.1, 0.15) is 36.4 Å². The van der Waals surface area contributed by atoms with Crippen LogP contribution in [0.3, 0.4) is 0 Å². The third kappa shape index (κ3) is 4.92. The Balaban J connectivity index is 1.50. The first kappa shape index (κ1) is 23.8. The number of imidazole rings is 1. The largest absolute Gasteiger partial charge is 0.305 e. The summed E-state index contributed by atoms with van der Waals surface area (Å²) in [7, 11) is 2.00. The van der Waals surface area contributed by atoms with Crippen LogP contribution in [0.4, 0.5) is 15.3 Å². The number of fused-ring (bicyclic) bond motifs is 1. The Bertz CT molecular complexity index is 1350. The molecule has 0 bridgehead atoms. The van der Waals surface area contributed by atoms with Crippen LogP contribution >= 0.6 is 23.3 Å². The van der Waals surface area contributed by atoms with Crippen molar-refractivity contribution in [3.8, 4) is 17.3 Å². The summed E-state index contributed by atoms with van der Waals surface area (Å²) >= 11 is 3.36.